The fourth-order valence-corrected chi connectivity index (χ4v) is 2.78. The molecule has 3 rings (SSSR count). The number of aliphatic hydroxyl groups is 2. The number of carbonyl (C=O) groups is 1. The number of hydrogen-bond donors (Lipinski definition) is 3. The van der Waals surface area contributed by atoms with E-state index in [9.17, 15) is 9.90 Å². The van der Waals surface area contributed by atoms with Crippen LogP contribution < -0.4 is 10.1 Å². The largest absolute Gasteiger partial charge is 0.488 e. The molecule has 1 fully saturated rings. The summed E-state index contributed by atoms with van der Waals surface area (Å²) in [6, 6.07) is 10.1. The molecule has 0 aliphatic carbocycles. The predicted molar refractivity (Wildman–Crippen MR) is 93.6 cm³/mol. The van der Waals surface area contributed by atoms with E-state index in [0.29, 0.717) is 30.9 Å². The maximum absolute atomic E-state index is 12.5. The van der Waals surface area contributed by atoms with Gasteiger partial charge in [0.15, 0.2) is 0 Å². The first-order valence-corrected chi connectivity index (χ1v) is 8.50. The zero-order chi connectivity index (χ0) is 18.4. The summed E-state index contributed by atoms with van der Waals surface area (Å²) in [5.74, 6) is 0.341. The highest BCUT2D eigenvalue weighted by atomic mass is 16.5. The molecule has 1 saturated heterocycles. The van der Waals surface area contributed by atoms with Gasteiger partial charge in [0, 0.05) is 12.6 Å². The van der Waals surface area contributed by atoms with E-state index in [1.54, 1.807) is 36.4 Å². The predicted octanol–water partition coefficient (Wildman–Crippen LogP) is 1.03. The third kappa shape index (κ3) is 4.57. The fraction of sp³-hybridized carbons (Fsp3) is 0.368. The monoisotopic (exact) mass is 358 g/mol. The number of amides is 1. The Hall–Kier alpha value is -2.48. The first-order chi connectivity index (χ1) is 12.7. The van der Waals surface area contributed by atoms with Crippen LogP contribution in [0.1, 0.15) is 28.0 Å². The summed E-state index contributed by atoms with van der Waals surface area (Å²) < 4.78 is 11.5. The summed E-state index contributed by atoms with van der Waals surface area (Å²) in [5.41, 5.74) is 1.68. The molecule has 1 aromatic heterocycles. The summed E-state index contributed by atoms with van der Waals surface area (Å²) in [7, 11) is 0. The fourth-order valence-electron chi connectivity index (χ4n) is 2.78. The molecule has 1 aromatic carbocycles. The first kappa shape index (κ1) is 18.3. The van der Waals surface area contributed by atoms with Crippen molar-refractivity contribution in [1.29, 1.82) is 0 Å². The standard InChI is InChI=1S/C19H22N2O5/c22-10-13-1-3-15(4-2-13)26-18-6-8-25-12-17(18)21-19(24)16-9-14(11-23)5-7-20-16/h1-5,7,9,17-18,22-23H,6,8,10-12H2,(H,21,24)/t17-,18-/m1/s1. The molecule has 7 heteroatoms. The van der Waals surface area contributed by atoms with Crippen LogP contribution in [0.4, 0.5) is 0 Å². The molecule has 1 amide bonds. The quantitative estimate of drug-likeness (QED) is 0.713. The van der Waals surface area contributed by atoms with Gasteiger partial charge in [0.2, 0.25) is 0 Å². The molecule has 138 valence electrons. The highest BCUT2D eigenvalue weighted by Crippen LogP contribution is 2.19. The van der Waals surface area contributed by atoms with Crippen LogP contribution in [0.5, 0.6) is 5.75 Å². The Morgan fingerprint density at radius 1 is 1.19 bits per heavy atom. The summed E-state index contributed by atoms with van der Waals surface area (Å²) in [6.45, 7) is 0.746. The minimum atomic E-state index is -0.333. The summed E-state index contributed by atoms with van der Waals surface area (Å²) in [6.07, 6.45) is 1.92. The van der Waals surface area contributed by atoms with Crippen molar-refractivity contribution in [2.75, 3.05) is 13.2 Å². The number of nitrogens with one attached hydrogen (secondary N) is 1. The highest BCUT2D eigenvalue weighted by Gasteiger charge is 2.29. The average molecular weight is 358 g/mol. The molecule has 26 heavy (non-hydrogen) atoms. The third-order valence-electron chi connectivity index (χ3n) is 4.24. The highest BCUT2D eigenvalue weighted by molar-refractivity contribution is 5.92. The molecule has 0 unspecified atom stereocenters. The second-order valence-electron chi connectivity index (χ2n) is 6.11. The van der Waals surface area contributed by atoms with Gasteiger partial charge in [0.25, 0.3) is 5.91 Å². The van der Waals surface area contributed by atoms with Crippen LogP contribution in [0, 0.1) is 0 Å². The minimum absolute atomic E-state index is 0.0177. The molecular weight excluding hydrogens is 336 g/mol. The van der Waals surface area contributed by atoms with E-state index in [1.807, 2.05) is 0 Å². The van der Waals surface area contributed by atoms with Crippen LogP contribution in [-0.2, 0) is 18.0 Å². The first-order valence-electron chi connectivity index (χ1n) is 8.50. The number of rotatable bonds is 6. The number of nitrogens with zero attached hydrogens (tertiary/aromatic N) is 1. The molecule has 0 saturated carbocycles. The Bertz CT molecular complexity index is 735. The Labute approximate surface area is 151 Å². The molecule has 0 bridgehead atoms. The van der Waals surface area contributed by atoms with E-state index in [2.05, 4.69) is 10.3 Å². The van der Waals surface area contributed by atoms with Gasteiger partial charge in [-0.05, 0) is 35.4 Å². The van der Waals surface area contributed by atoms with E-state index in [4.69, 9.17) is 14.6 Å². The van der Waals surface area contributed by atoms with Gasteiger partial charge in [-0.2, -0.15) is 0 Å². The van der Waals surface area contributed by atoms with Gasteiger partial charge >= 0.3 is 0 Å². The Balaban J connectivity index is 1.66. The molecule has 3 N–H and O–H groups in total. The Morgan fingerprint density at radius 3 is 2.69 bits per heavy atom. The van der Waals surface area contributed by atoms with E-state index < -0.39 is 0 Å². The number of carbonyl (C=O) groups excluding carboxylic acids is 1. The number of hydrogen-bond acceptors (Lipinski definition) is 6. The zero-order valence-electron chi connectivity index (χ0n) is 14.3. The van der Waals surface area contributed by atoms with Crippen molar-refractivity contribution in [3.8, 4) is 5.75 Å². The van der Waals surface area contributed by atoms with Crippen LogP contribution in [-0.4, -0.2) is 46.5 Å². The van der Waals surface area contributed by atoms with Crippen LogP contribution >= 0.6 is 0 Å². The normalized spacial score (nSPS) is 19.8. The second kappa shape index (κ2) is 8.75. The third-order valence-corrected chi connectivity index (χ3v) is 4.24. The van der Waals surface area contributed by atoms with E-state index >= 15 is 0 Å². The summed E-state index contributed by atoms with van der Waals surface area (Å²) in [4.78, 5) is 16.5. The van der Waals surface area contributed by atoms with Gasteiger partial charge in [-0.1, -0.05) is 12.1 Å². The number of aliphatic hydroxyl groups excluding tert-OH is 2. The topological polar surface area (TPSA) is 101 Å². The maximum atomic E-state index is 12.5. The lowest BCUT2D eigenvalue weighted by atomic mass is 10.1. The van der Waals surface area contributed by atoms with Crippen molar-refractivity contribution in [1.82, 2.24) is 10.3 Å². The van der Waals surface area contributed by atoms with Gasteiger partial charge in [-0.3, -0.25) is 9.78 Å². The molecule has 1 aliphatic heterocycles. The van der Waals surface area contributed by atoms with E-state index in [0.717, 1.165) is 5.56 Å². The van der Waals surface area contributed by atoms with Crippen molar-refractivity contribution in [3.05, 3.63) is 59.4 Å². The molecular formula is C19H22N2O5. The van der Waals surface area contributed by atoms with Crippen LogP contribution in [0.2, 0.25) is 0 Å². The van der Waals surface area contributed by atoms with Crippen molar-refractivity contribution in [3.63, 3.8) is 0 Å². The van der Waals surface area contributed by atoms with Crippen molar-refractivity contribution in [2.45, 2.75) is 31.8 Å². The van der Waals surface area contributed by atoms with Crippen LogP contribution in [0.15, 0.2) is 42.6 Å². The van der Waals surface area contributed by atoms with Crippen LogP contribution in [0.3, 0.4) is 0 Å². The molecule has 0 spiro atoms. The lowest BCUT2D eigenvalue weighted by Gasteiger charge is -2.32. The number of ether oxygens (including phenoxy) is 2. The molecule has 2 atom stereocenters. The zero-order valence-corrected chi connectivity index (χ0v) is 14.3. The van der Waals surface area contributed by atoms with Gasteiger partial charge in [-0.15, -0.1) is 0 Å². The second-order valence-corrected chi connectivity index (χ2v) is 6.11. The van der Waals surface area contributed by atoms with Gasteiger partial charge in [0.05, 0.1) is 32.5 Å². The van der Waals surface area contributed by atoms with Crippen molar-refractivity contribution >= 4 is 5.91 Å². The molecule has 1 aliphatic rings. The molecule has 2 aromatic rings. The average Bonchev–Trinajstić information content (AvgIpc) is 2.70. The van der Waals surface area contributed by atoms with Gasteiger partial charge in [0.1, 0.15) is 17.5 Å². The van der Waals surface area contributed by atoms with Crippen molar-refractivity contribution < 1.29 is 24.5 Å². The van der Waals surface area contributed by atoms with E-state index in [-0.39, 0.29) is 37.0 Å². The Kier molecular flexibility index (Phi) is 6.17. The molecule has 0 radical (unpaired) electrons. The molecule has 2 heterocycles. The minimum Gasteiger partial charge on any atom is -0.488 e. The lowest BCUT2D eigenvalue weighted by molar-refractivity contribution is -0.00296. The summed E-state index contributed by atoms with van der Waals surface area (Å²) >= 11 is 0. The lowest BCUT2D eigenvalue weighted by Crippen LogP contribution is -2.52. The van der Waals surface area contributed by atoms with Gasteiger partial charge < -0.3 is 25.0 Å². The smallest absolute Gasteiger partial charge is 0.270 e. The SMILES string of the molecule is O=C(N[C@@H]1COCC[C@H]1Oc1ccc(CO)cc1)c1cc(CO)ccn1. The van der Waals surface area contributed by atoms with Crippen LogP contribution in [0.25, 0.3) is 0 Å². The number of benzene rings is 1. The maximum Gasteiger partial charge on any atom is 0.270 e. The van der Waals surface area contributed by atoms with Crippen molar-refractivity contribution in [2.24, 2.45) is 0 Å². The Morgan fingerprint density at radius 2 is 1.96 bits per heavy atom. The molecule has 7 nitrogen and oxygen atoms in total. The van der Waals surface area contributed by atoms with E-state index in [1.165, 1.54) is 6.20 Å². The number of aromatic nitrogens is 1. The van der Waals surface area contributed by atoms with Gasteiger partial charge in [-0.25, -0.2) is 0 Å². The number of pyridine rings is 1. The summed E-state index contributed by atoms with van der Waals surface area (Å²) in [5, 5.41) is 21.2.